The van der Waals surface area contributed by atoms with E-state index in [1.807, 2.05) is 24.3 Å². The van der Waals surface area contributed by atoms with Crippen LogP contribution in [0.25, 0.3) is 18.4 Å². The second-order valence-electron chi connectivity index (χ2n) is 5.23. The predicted molar refractivity (Wildman–Crippen MR) is 83.2 cm³/mol. The molecular weight excluding hydrogens is 246 g/mol. The quantitative estimate of drug-likeness (QED) is 0.667. The van der Waals surface area contributed by atoms with Crippen molar-refractivity contribution in [3.63, 3.8) is 0 Å². The smallest absolute Gasteiger partial charge is 0.0875 e. The molecule has 1 aromatic heterocycles. The maximum absolute atomic E-state index is 8.42. The Morgan fingerprint density at radius 1 is 1.20 bits per heavy atom. The monoisotopic (exact) mass is 261 g/mol. The summed E-state index contributed by atoms with van der Waals surface area (Å²) in [6, 6.07) is 7.96. The van der Waals surface area contributed by atoms with Crippen molar-refractivity contribution in [2.75, 3.05) is 5.32 Å². The Morgan fingerprint density at radius 2 is 2.05 bits per heavy atom. The molecule has 0 atom stereocenters. The molecule has 0 saturated heterocycles. The normalized spacial score (nSPS) is 18.7. The average Bonchev–Trinajstić information content (AvgIpc) is 2.96. The third-order valence-electron chi connectivity index (χ3n) is 4.02. The van der Waals surface area contributed by atoms with Crippen molar-refractivity contribution in [2.45, 2.75) is 12.8 Å². The molecule has 0 fully saturated rings. The van der Waals surface area contributed by atoms with Crippen molar-refractivity contribution >= 4 is 29.8 Å². The van der Waals surface area contributed by atoms with Gasteiger partial charge in [-0.15, -0.1) is 0 Å². The summed E-state index contributed by atoms with van der Waals surface area (Å²) in [4.78, 5) is 3.33. The highest BCUT2D eigenvalue weighted by Gasteiger charge is 2.23. The van der Waals surface area contributed by atoms with E-state index in [0.29, 0.717) is 5.71 Å². The first-order chi connectivity index (χ1) is 9.75. The number of para-hydroxylation sites is 1. The first-order valence-corrected chi connectivity index (χ1v) is 6.81. The first-order valence-electron chi connectivity index (χ1n) is 6.81. The minimum Gasteiger partial charge on any atom is -0.355 e. The standard InChI is InChI=1S/C17H15N3/c1-10-15(11-6-2-4-8-13(11)19-10)17-16(18)12-7-3-5-9-14(12)20-17/h3-5,7-9,18-20H,1-2,6H2/b17-15+,18-16?. The zero-order valence-corrected chi connectivity index (χ0v) is 11.1. The molecule has 98 valence electrons. The molecule has 3 N–H and O–H groups in total. The van der Waals surface area contributed by atoms with E-state index in [-0.39, 0.29) is 0 Å². The van der Waals surface area contributed by atoms with E-state index in [0.717, 1.165) is 46.1 Å². The van der Waals surface area contributed by atoms with Crippen molar-refractivity contribution in [2.24, 2.45) is 0 Å². The maximum Gasteiger partial charge on any atom is 0.0875 e. The van der Waals surface area contributed by atoms with Crippen molar-refractivity contribution in [3.8, 4) is 0 Å². The van der Waals surface area contributed by atoms with Gasteiger partial charge in [-0.1, -0.05) is 30.9 Å². The van der Waals surface area contributed by atoms with Crippen LogP contribution in [-0.2, 0) is 6.42 Å². The number of rotatable bonds is 0. The molecule has 2 aliphatic rings. The predicted octanol–water partition coefficient (Wildman–Crippen LogP) is 1.99. The minimum atomic E-state index is 0.557. The second kappa shape index (κ2) is 3.97. The summed E-state index contributed by atoms with van der Waals surface area (Å²) < 4.78 is 0. The van der Waals surface area contributed by atoms with Crippen LogP contribution in [0.15, 0.2) is 30.3 Å². The Kier molecular flexibility index (Phi) is 2.24. The van der Waals surface area contributed by atoms with Gasteiger partial charge >= 0.3 is 0 Å². The zero-order valence-electron chi connectivity index (χ0n) is 11.1. The molecule has 0 unspecified atom stereocenters. The van der Waals surface area contributed by atoms with Gasteiger partial charge in [0.25, 0.3) is 0 Å². The van der Waals surface area contributed by atoms with Crippen LogP contribution < -0.4 is 15.9 Å². The number of allylic oxidation sites excluding steroid dienone is 1. The number of aromatic amines is 1. The lowest BCUT2D eigenvalue weighted by atomic mass is 10.0. The van der Waals surface area contributed by atoms with E-state index in [9.17, 15) is 0 Å². The van der Waals surface area contributed by atoms with Crippen LogP contribution in [0.3, 0.4) is 0 Å². The third kappa shape index (κ3) is 1.43. The molecule has 2 heterocycles. The van der Waals surface area contributed by atoms with E-state index >= 15 is 0 Å². The van der Waals surface area contributed by atoms with Gasteiger partial charge in [-0.25, -0.2) is 0 Å². The Labute approximate surface area is 116 Å². The largest absolute Gasteiger partial charge is 0.355 e. The molecule has 0 radical (unpaired) electrons. The number of fused-ring (bicyclic) bond motifs is 2. The van der Waals surface area contributed by atoms with Gasteiger partial charge in [-0.05, 0) is 30.5 Å². The van der Waals surface area contributed by atoms with Crippen molar-refractivity contribution in [1.82, 2.24) is 4.98 Å². The molecular formula is C17H15N3. The summed E-state index contributed by atoms with van der Waals surface area (Å²) in [5.74, 6) is 0. The highest BCUT2D eigenvalue weighted by Crippen LogP contribution is 2.27. The van der Waals surface area contributed by atoms with Crippen LogP contribution in [0.4, 0.5) is 5.69 Å². The molecule has 20 heavy (non-hydrogen) atoms. The summed E-state index contributed by atoms with van der Waals surface area (Å²) in [6.45, 7) is 4.12. The Hall–Kier alpha value is -2.55. The first kappa shape index (κ1) is 11.3. The fraction of sp³-hybridized carbons (Fsp3) is 0.118. The van der Waals surface area contributed by atoms with Gasteiger partial charge in [0.2, 0.25) is 0 Å². The molecule has 3 heteroatoms. The van der Waals surface area contributed by atoms with Crippen LogP contribution >= 0.6 is 0 Å². The van der Waals surface area contributed by atoms with Crippen molar-refractivity contribution in [3.05, 3.63) is 57.7 Å². The molecule has 0 bridgehead atoms. The zero-order chi connectivity index (χ0) is 13.7. The van der Waals surface area contributed by atoms with Crippen LogP contribution in [0.2, 0.25) is 0 Å². The summed E-state index contributed by atoms with van der Waals surface area (Å²) in [6.07, 6.45) is 6.34. The van der Waals surface area contributed by atoms with Crippen LogP contribution in [0.1, 0.15) is 23.2 Å². The summed E-state index contributed by atoms with van der Waals surface area (Å²) in [5.41, 5.74) is 5.81. The second-order valence-corrected chi connectivity index (χ2v) is 5.23. The van der Waals surface area contributed by atoms with Crippen molar-refractivity contribution in [1.29, 1.82) is 5.41 Å². The molecule has 0 spiro atoms. The van der Waals surface area contributed by atoms with Crippen molar-refractivity contribution < 1.29 is 0 Å². The molecule has 4 rings (SSSR count). The van der Waals surface area contributed by atoms with Gasteiger partial charge < -0.3 is 10.3 Å². The molecule has 1 aliphatic carbocycles. The Morgan fingerprint density at radius 3 is 2.90 bits per heavy atom. The Balaban J connectivity index is 2.03. The SMILES string of the molecule is C=c1[nH]c2c(/c1=C1/Nc3ccccc3C1=N)CCC=C2. The molecule has 1 aliphatic heterocycles. The van der Waals surface area contributed by atoms with Gasteiger partial charge in [0.1, 0.15) is 0 Å². The number of hydrogen-bond acceptors (Lipinski definition) is 2. The molecule has 0 saturated carbocycles. The molecule has 1 aromatic carbocycles. The number of hydrogen-bond donors (Lipinski definition) is 3. The number of nitrogens with one attached hydrogen (secondary N) is 3. The number of aromatic nitrogens is 1. The van der Waals surface area contributed by atoms with Gasteiger partial charge in [-0.2, -0.15) is 0 Å². The molecule has 0 amide bonds. The van der Waals surface area contributed by atoms with E-state index in [4.69, 9.17) is 5.41 Å². The fourth-order valence-corrected chi connectivity index (χ4v) is 3.08. The van der Waals surface area contributed by atoms with E-state index < -0.39 is 0 Å². The number of anilines is 1. The lowest BCUT2D eigenvalue weighted by Crippen LogP contribution is -2.30. The summed E-state index contributed by atoms with van der Waals surface area (Å²) in [5, 5.41) is 13.8. The average molecular weight is 261 g/mol. The van der Waals surface area contributed by atoms with Gasteiger partial charge in [0, 0.05) is 27.5 Å². The van der Waals surface area contributed by atoms with Crippen LogP contribution in [-0.4, -0.2) is 10.7 Å². The van der Waals surface area contributed by atoms with Gasteiger partial charge in [0.15, 0.2) is 0 Å². The highest BCUT2D eigenvalue weighted by atomic mass is 14.9. The fourth-order valence-electron chi connectivity index (χ4n) is 3.08. The molecule has 3 nitrogen and oxygen atoms in total. The number of benzene rings is 1. The highest BCUT2D eigenvalue weighted by molar-refractivity contribution is 6.34. The Bertz CT molecular complexity index is 868. The summed E-state index contributed by atoms with van der Waals surface area (Å²) in [7, 11) is 0. The lowest BCUT2D eigenvalue weighted by Gasteiger charge is -2.06. The third-order valence-corrected chi connectivity index (χ3v) is 4.02. The van der Waals surface area contributed by atoms with Gasteiger partial charge in [0.05, 0.1) is 11.4 Å². The lowest BCUT2D eigenvalue weighted by molar-refractivity contribution is 0.978. The molecule has 2 aromatic rings. The van der Waals surface area contributed by atoms with E-state index in [1.165, 1.54) is 5.56 Å². The maximum atomic E-state index is 8.42. The number of H-pyrrole nitrogens is 1. The topological polar surface area (TPSA) is 51.7 Å². The van der Waals surface area contributed by atoms with E-state index in [1.54, 1.807) is 0 Å². The summed E-state index contributed by atoms with van der Waals surface area (Å²) >= 11 is 0. The van der Waals surface area contributed by atoms with E-state index in [2.05, 4.69) is 29.0 Å². The minimum absolute atomic E-state index is 0.557. The van der Waals surface area contributed by atoms with Gasteiger partial charge in [-0.3, -0.25) is 5.41 Å². The van der Waals surface area contributed by atoms with Crippen LogP contribution in [0.5, 0.6) is 0 Å². The van der Waals surface area contributed by atoms with Crippen LogP contribution in [0, 0.1) is 5.41 Å².